The number of hydrogen-bond donors (Lipinski definition) is 1. The monoisotopic (exact) mass is 438 g/mol. The van der Waals surface area contributed by atoms with Crippen LogP contribution in [0.4, 0.5) is 0 Å². The molecule has 2 rings (SSSR count). The highest BCUT2D eigenvalue weighted by molar-refractivity contribution is 6.35. The predicted molar refractivity (Wildman–Crippen MR) is 114 cm³/mol. The quantitative estimate of drug-likeness (QED) is 0.643. The first-order valence-electron chi connectivity index (χ1n) is 9.11. The van der Waals surface area contributed by atoms with Crippen LogP contribution >= 0.6 is 23.2 Å². The van der Waals surface area contributed by atoms with Crippen LogP contribution in [0.25, 0.3) is 0 Å². The molecule has 0 aliphatic carbocycles. The van der Waals surface area contributed by atoms with Crippen LogP contribution < -0.4 is 14.8 Å². The third-order valence-electron chi connectivity index (χ3n) is 4.41. The molecule has 0 bridgehead atoms. The Balaban J connectivity index is 2.20. The summed E-state index contributed by atoms with van der Waals surface area (Å²) >= 11 is 12.2. The SMILES string of the molecule is CCC(C(=O)NC)N(Cc1ccc(Cl)cc1Cl)C(=O)COc1ccc(OC)cc1. The normalized spacial score (nSPS) is 11.5. The van der Waals surface area contributed by atoms with Crippen molar-refractivity contribution in [3.63, 3.8) is 0 Å². The van der Waals surface area contributed by atoms with Gasteiger partial charge in [0.25, 0.3) is 5.91 Å². The van der Waals surface area contributed by atoms with Crippen LogP contribution in [0.1, 0.15) is 18.9 Å². The first kappa shape index (κ1) is 22.8. The molecule has 0 saturated heterocycles. The van der Waals surface area contributed by atoms with Gasteiger partial charge in [-0.1, -0.05) is 36.2 Å². The van der Waals surface area contributed by atoms with Gasteiger partial charge in [0, 0.05) is 23.6 Å². The van der Waals surface area contributed by atoms with Crippen LogP contribution in [0.5, 0.6) is 11.5 Å². The summed E-state index contributed by atoms with van der Waals surface area (Å²) in [6.07, 6.45) is 0.444. The molecule has 2 aromatic rings. The average Bonchev–Trinajstić information content (AvgIpc) is 2.73. The molecule has 1 N–H and O–H groups in total. The minimum Gasteiger partial charge on any atom is -0.497 e. The van der Waals surface area contributed by atoms with Crippen molar-refractivity contribution in [2.75, 3.05) is 20.8 Å². The molecular formula is C21H24Cl2N2O4. The van der Waals surface area contributed by atoms with E-state index in [0.717, 1.165) is 0 Å². The highest BCUT2D eigenvalue weighted by atomic mass is 35.5. The second kappa shape index (κ2) is 10.9. The van der Waals surface area contributed by atoms with E-state index in [1.807, 2.05) is 6.92 Å². The smallest absolute Gasteiger partial charge is 0.261 e. The number of halogens is 2. The van der Waals surface area contributed by atoms with Gasteiger partial charge in [0.15, 0.2) is 6.61 Å². The lowest BCUT2D eigenvalue weighted by Crippen LogP contribution is -2.49. The number of likely N-dealkylation sites (N-methyl/N-ethyl adjacent to an activating group) is 1. The Bertz CT molecular complexity index is 843. The van der Waals surface area contributed by atoms with E-state index < -0.39 is 6.04 Å². The zero-order valence-electron chi connectivity index (χ0n) is 16.6. The van der Waals surface area contributed by atoms with Crippen LogP contribution in [0.15, 0.2) is 42.5 Å². The van der Waals surface area contributed by atoms with Gasteiger partial charge in [-0.3, -0.25) is 9.59 Å². The Morgan fingerprint density at radius 1 is 1.10 bits per heavy atom. The maximum Gasteiger partial charge on any atom is 0.261 e. The minimum atomic E-state index is -0.654. The van der Waals surface area contributed by atoms with E-state index >= 15 is 0 Å². The molecular weight excluding hydrogens is 415 g/mol. The number of amides is 2. The lowest BCUT2D eigenvalue weighted by atomic mass is 10.1. The van der Waals surface area contributed by atoms with Crippen LogP contribution in [0, 0.1) is 0 Å². The van der Waals surface area contributed by atoms with E-state index in [1.165, 1.54) is 11.9 Å². The van der Waals surface area contributed by atoms with Crippen molar-refractivity contribution < 1.29 is 19.1 Å². The molecule has 29 heavy (non-hydrogen) atoms. The topological polar surface area (TPSA) is 67.9 Å². The molecule has 0 radical (unpaired) electrons. The van der Waals surface area contributed by atoms with Gasteiger partial charge < -0.3 is 19.7 Å². The van der Waals surface area contributed by atoms with Crippen LogP contribution in [0.2, 0.25) is 10.0 Å². The minimum absolute atomic E-state index is 0.159. The number of rotatable bonds is 9. The molecule has 0 fully saturated rings. The van der Waals surface area contributed by atoms with Gasteiger partial charge in [0.1, 0.15) is 17.5 Å². The van der Waals surface area contributed by atoms with Crippen molar-refractivity contribution in [3.8, 4) is 11.5 Å². The van der Waals surface area contributed by atoms with E-state index in [4.69, 9.17) is 32.7 Å². The van der Waals surface area contributed by atoms with Crippen molar-refractivity contribution >= 4 is 35.0 Å². The summed E-state index contributed by atoms with van der Waals surface area (Å²) in [6, 6.07) is 11.3. The predicted octanol–water partition coefficient (Wildman–Crippen LogP) is 3.93. The zero-order valence-corrected chi connectivity index (χ0v) is 18.1. The van der Waals surface area contributed by atoms with E-state index in [0.29, 0.717) is 33.5 Å². The van der Waals surface area contributed by atoms with Gasteiger partial charge in [-0.2, -0.15) is 0 Å². The molecule has 0 spiro atoms. The number of nitrogens with one attached hydrogen (secondary N) is 1. The summed E-state index contributed by atoms with van der Waals surface area (Å²) in [5.74, 6) is 0.627. The summed E-state index contributed by atoms with van der Waals surface area (Å²) in [4.78, 5) is 26.8. The summed E-state index contributed by atoms with van der Waals surface area (Å²) in [5, 5.41) is 3.53. The van der Waals surface area contributed by atoms with E-state index in [9.17, 15) is 9.59 Å². The summed E-state index contributed by atoms with van der Waals surface area (Å²) in [5.41, 5.74) is 0.691. The molecule has 6 nitrogen and oxygen atoms in total. The molecule has 8 heteroatoms. The number of ether oxygens (including phenoxy) is 2. The fourth-order valence-corrected chi connectivity index (χ4v) is 3.29. The van der Waals surface area contributed by atoms with Gasteiger partial charge in [-0.25, -0.2) is 0 Å². The molecule has 0 saturated carbocycles. The molecule has 1 unspecified atom stereocenters. The van der Waals surface area contributed by atoms with Crippen molar-refractivity contribution in [1.29, 1.82) is 0 Å². The maximum absolute atomic E-state index is 13.0. The fourth-order valence-electron chi connectivity index (χ4n) is 2.82. The molecule has 0 aromatic heterocycles. The maximum atomic E-state index is 13.0. The third-order valence-corrected chi connectivity index (χ3v) is 5.00. The van der Waals surface area contributed by atoms with Crippen molar-refractivity contribution in [2.45, 2.75) is 25.9 Å². The molecule has 2 amide bonds. The molecule has 156 valence electrons. The lowest BCUT2D eigenvalue weighted by molar-refractivity contribution is -0.142. The van der Waals surface area contributed by atoms with Crippen LogP contribution in [-0.4, -0.2) is 43.5 Å². The van der Waals surface area contributed by atoms with Gasteiger partial charge in [-0.15, -0.1) is 0 Å². The highest BCUT2D eigenvalue weighted by Gasteiger charge is 2.28. The largest absolute Gasteiger partial charge is 0.497 e. The second-order valence-corrected chi connectivity index (χ2v) is 7.10. The third kappa shape index (κ3) is 6.27. The highest BCUT2D eigenvalue weighted by Crippen LogP contribution is 2.24. The second-order valence-electron chi connectivity index (χ2n) is 6.26. The van der Waals surface area contributed by atoms with Gasteiger partial charge >= 0.3 is 0 Å². The number of benzene rings is 2. The fraction of sp³-hybridized carbons (Fsp3) is 0.333. The Hall–Kier alpha value is -2.44. The number of hydrogen-bond acceptors (Lipinski definition) is 4. The first-order valence-corrected chi connectivity index (χ1v) is 9.87. The van der Waals surface area contributed by atoms with Crippen molar-refractivity contribution in [1.82, 2.24) is 10.2 Å². The van der Waals surface area contributed by atoms with Gasteiger partial charge in [0.2, 0.25) is 5.91 Å². The van der Waals surface area contributed by atoms with E-state index in [-0.39, 0.29) is 25.0 Å². The zero-order chi connectivity index (χ0) is 21.4. The molecule has 0 aliphatic rings. The van der Waals surface area contributed by atoms with Crippen molar-refractivity contribution in [3.05, 3.63) is 58.1 Å². The number of carbonyl (C=O) groups is 2. The summed E-state index contributed by atoms with van der Waals surface area (Å²) in [6.45, 7) is 1.78. The van der Waals surface area contributed by atoms with Crippen LogP contribution in [-0.2, 0) is 16.1 Å². The van der Waals surface area contributed by atoms with Crippen LogP contribution in [0.3, 0.4) is 0 Å². The van der Waals surface area contributed by atoms with Gasteiger partial charge in [0.05, 0.1) is 7.11 Å². The first-order chi connectivity index (χ1) is 13.9. The average molecular weight is 439 g/mol. The molecule has 1 atom stereocenters. The summed E-state index contributed by atoms with van der Waals surface area (Å²) < 4.78 is 10.7. The van der Waals surface area contributed by atoms with E-state index in [1.54, 1.807) is 49.6 Å². The number of methoxy groups -OCH3 is 1. The Kier molecular flexibility index (Phi) is 8.61. The lowest BCUT2D eigenvalue weighted by Gasteiger charge is -2.30. The van der Waals surface area contributed by atoms with Gasteiger partial charge in [-0.05, 0) is 48.4 Å². The summed E-state index contributed by atoms with van der Waals surface area (Å²) in [7, 11) is 3.11. The Labute approximate surface area is 180 Å². The Morgan fingerprint density at radius 2 is 1.76 bits per heavy atom. The van der Waals surface area contributed by atoms with E-state index in [2.05, 4.69) is 5.32 Å². The molecule has 2 aromatic carbocycles. The standard InChI is InChI=1S/C21H24Cl2N2O4/c1-4-19(21(27)24-2)25(12-14-5-6-15(22)11-18(14)23)20(26)13-29-17-9-7-16(28-3)8-10-17/h5-11,19H,4,12-13H2,1-3H3,(H,24,27). The van der Waals surface area contributed by atoms with Crippen molar-refractivity contribution in [2.24, 2.45) is 0 Å². The Morgan fingerprint density at radius 3 is 2.31 bits per heavy atom. The number of nitrogens with zero attached hydrogens (tertiary/aromatic N) is 1. The molecule has 0 heterocycles. The number of carbonyl (C=O) groups excluding carboxylic acids is 2. The molecule has 0 aliphatic heterocycles.